The van der Waals surface area contributed by atoms with Crippen LogP contribution in [0.5, 0.6) is 0 Å². The van der Waals surface area contributed by atoms with Crippen LogP contribution in [0.1, 0.15) is 10.4 Å². The molecule has 0 aliphatic heterocycles. The lowest BCUT2D eigenvalue weighted by Gasteiger charge is -2.06. The van der Waals surface area contributed by atoms with Gasteiger partial charge in [0.1, 0.15) is 0 Å². The van der Waals surface area contributed by atoms with E-state index in [9.17, 15) is 4.79 Å². The van der Waals surface area contributed by atoms with Crippen molar-refractivity contribution in [3.63, 3.8) is 0 Å². The van der Waals surface area contributed by atoms with E-state index in [0.717, 1.165) is 10.2 Å². The van der Waals surface area contributed by atoms with E-state index in [1.165, 1.54) is 10.4 Å². The summed E-state index contributed by atoms with van der Waals surface area (Å²) in [6.45, 7) is 3.04. The topological polar surface area (TPSA) is 41.1 Å². The second-order valence-electron chi connectivity index (χ2n) is 4.25. The molecule has 0 saturated carbocycles. The Morgan fingerprint density at radius 2 is 2.05 bits per heavy atom. The van der Waals surface area contributed by atoms with Crippen LogP contribution < -0.4 is 10.6 Å². The average molecular weight is 339 g/mol. The molecule has 1 aromatic carbocycles. The molecule has 0 saturated heterocycles. The maximum atomic E-state index is 11.7. The highest BCUT2D eigenvalue weighted by Gasteiger charge is 2.02. The number of rotatable bonds is 5. The third kappa shape index (κ3) is 4.78. The van der Waals surface area contributed by atoms with Crippen molar-refractivity contribution in [1.29, 1.82) is 0 Å². The summed E-state index contributed by atoms with van der Waals surface area (Å²) in [4.78, 5) is 12.9. The first kappa shape index (κ1) is 14.2. The minimum absolute atomic E-state index is 0.0283. The minimum Gasteiger partial charge on any atom is -0.325 e. The summed E-state index contributed by atoms with van der Waals surface area (Å²) in [7, 11) is 0. The van der Waals surface area contributed by atoms with Gasteiger partial charge in [0.05, 0.1) is 6.54 Å². The van der Waals surface area contributed by atoms with E-state index in [2.05, 4.69) is 32.6 Å². The Morgan fingerprint density at radius 3 is 2.68 bits per heavy atom. The summed E-state index contributed by atoms with van der Waals surface area (Å²) >= 11 is 5.07. The first-order valence-corrected chi connectivity index (χ1v) is 7.61. The van der Waals surface area contributed by atoms with Gasteiger partial charge in [-0.25, -0.2) is 0 Å². The van der Waals surface area contributed by atoms with E-state index in [1.807, 2.05) is 36.6 Å². The molecule has 0 aliphatic rings. The molecule has 1 aromatic heterocycles. The number of aryl methyl sites for hydroxylation is 1. The quantitative estimate of drug-likeness (QED) is 0.875. The second kappa shape index (κ2) is 6.84. The molecule has 2 N–H and O–H groups in total. The fraction of sp³-hybridized carbons (Fsp3) is 0.214. The molecule has 100 valence electrons. The molecule has 0 bridgehead atoms. The number of hydrogen-bond donors (Lipinski definition) is 2. The number of hydrogen-bond acceptors (Lipinski definition) is 3. The highest BCUT2D eigenvalue weighted by Crippen LogP contribution is 2.19. The first-order valence-electron chi connectivity index (χ1n) is 5.93. The zero-order valence-corrected chi connectivity index (χ0v) is 13.0. The number of halogens is 1. The number of carbonyl (C=O) groups excluding carboxylic acids is 1. The lowest BCUT2D eigenvalue weighted by atomic mass is 10.2. The van der Waals surface area contributed by atoms with Crippen LogP contribution in [0.2, 0.25) is 0 Å². The van der Waals surface area contributed by atoms with Crippen LogP contribution in [-0.4, -0.2) is 12.5 Å². The summed E-state index contributed by atoms with van der Waals surface area (Å²) in [5.74, 6) is -0.0283. The lowest BCUT2D eigenvalue weighted by Crippen LogP contribution is -2.27. The van der Waals surface area contributed by atoms with Crippen molar-refractivity contribution in [3.8, 4) is 0 Å². The lowest BCUT2D eigenvalue weighted by molar-refractivity contribution is -0.115. The van der Waals surface area contributed by atoms with Gasteiger partial charge in [-0.2, -0.15) is 0 Å². The zero-order chi connectivity index (χ0) is 13.7. The van der Waals surface area contributed by atoms with Crippen LogP contribution in [0, 0.1) is 6.92 Å². The van der Waals surface area contributed by atoms with Gasteiger partial charge in [0, 0.05) is 27.0 Å². The molecule has 2 aromatic rings. The predicted octanol–water partition coefficient (Wildman–Crippen LogP) is 3.55. The smallest absolute Gasteiger partial charge is 0.238 e. The second-order valence-corrected chi connectivity index (χ2v) is 6.16. The summed E-state index contributed by atoms with van der Waals surface area (Å²) in [6, 6.07) is 9.82. The van der Waals surface area contributed by atoms with E-state index in [0.29, 0.717) is 13.1 Å². The van der Waals surface area contributed by atoms with Crippen molar-refractivity contribution >= 4 is 38.9 Å². The normalized spacial score (nSPS) is 10.4. The Bertz CT molecular complexity index is 551. The molecule has 0 unspecified atom stereocenters. The Labute approximate surface area is 125 Å². The maximum Gasteiger partial charge on any atom is 0.238 e. The van der Waals surface area contributed by atoms with Crippen molar-refractivity contribution in [2.45, 2.75) is 13.5 Å². The van der Waals surface area contributed by atoms with Crippen LogP contribution in [0.25, 0.3) is 0 Å². The summed E-state index contributed by atoms with van der Waals surface area (Å²) < 4.78 is 1.08. The molecule has 1 amide bonds. The van der Waals surface area contributed by atoms with Gasteiger partial charge in [-0.15, -0.1) is 11.3 Å². The summed E-state index contributed by atoms with van der Waals surface area (Å²) in [5.41, 5.74) is 2.01. The number of nitrogens with one attached hydrogen (secondary N) is 2. The number of amides is 1. The Hall–Kier alpha value is -1.17. The van der Waals surface area contributed by atoms with Gasteiger partial charge in [0.2, 0.25) is 5.91 Å². The van der Waals surface area contributed by atoms with E-state index < -0.39 is 0 Å². The standard InChI is InChI=1S/C14H15BrN2OS/c1-10-2-4-12(5-3-10)17-14(18)8-16-7-13-6-11(15)9-19-13/h2-6,9,16H,7-8H2,1H3,(H,17,18). The molecule has 2 rings (SSSR count). The zero-order valence-electron chi connectivity index (χ0n) is 10.6. The number of thiophene rings is 1. The average Bonchev–Trinajstić information content (AvgIpc) is 2.78. The van der Waals surface area contributed by atoms with Crippen LogP contribution >= 0.6 is 27.3 Å². The van der Waals surface area contributed by atoms with Crippen molar-refractivity contribution in [2.24, 2.45) is 0 Å². The minimum atomic E-state index is -0.0283. The van der Waals surface area contributed by atoms with Gasteiger partial charge in [0.25, 0.3) is 0 Å². The van der Waals surface area contributed by atoms with Crippen molar-refractivity contribution in [1.82, 2.24) is 5.32 Å². The molecule has 1 heterocycles. The van der Waals surface area contributed by atoms with Gasteiger partial charge < -0.3 is 10.6 Å². The molecule has 0 atom stereocenters. The van der Waals surface area contributed by atoms with E-state index in [-0.39, 0.29) is 5.91 Å². The highest BCUT2D eigenvalue weighted by atomic mass is 79.9. The Kier molecular flexibility index (Phi) is 5.13. The molecule has 0 radical (unpaired) electrons. The van der Waals surface area contributed by atoms with Gasteiger partial charge >= 0.3 is 0 Å². The fourth-order valence-corrected chi connectivity index (χ4v) is 3.01. The maximum absolute atomic E-state index is 11.7. The summed E-state index contributed by atoms with van der Waals surface area (Å²) in [6.07, 6.45) is 0. The molecular weight excluding hydrogens is 324 g/mol. The number of benzene rings is 1. The Morgan fingerprint density at radius 1 is 1.32 bits per heavy atom. The molecule has 0 fully saturated rings. The van der Waals surface area contributed by atoms with Crippen molar-refractivity contribution in [3.05, 3.63) is 50.6 Å². The van der Waals surface area contributed by atoms with Crippen molar-refractivity contribution in [2.75, 3.05) is 11.9 Å². The van der Waals surface area contributed by atoms with E-state index >= 15 is 0 Å². The molecule has 3 nitrogen and oxygen atoms in total. The van der Waals surface area contributed by atoms with Crippen LogP contribution in [0.15, 0.2) is 40.2 Å². The number of anilines is 1. The monoisotopic (exact) mass is 338 g/mol. The van der Waals surface area contributed by atoms with Gasteiger partial charge in [-0.1, -0.05) is 17.7 Å². The third-order valence-corrected chi connectivity index (χ3v) is 4.24. The molecule has 5 heteroatoms. The molecule has 0 aliphatic carbocycles. The van der Waals surface area contributed by atoms with Crippen LogP contribution in [0.4, 0.5) is 5.69 Å². The van der Waals surface area contributed by atoms with E-state index in [4.69, 9.17) is 0 Å². The largest absolute Gasteiger partial charge is 0.325 e. The molecule has 0 spiro atoms. The fourth-order valence-electron chi connectivity index (χ4n) is 1.59. The highest BCUT2D eigenvalue weighted by molar-refractivity contribution is 9.10. The van der Waals surface area contributed by atoms with Crippen molar-refractivity contribution < 1.29 is 4.79 Å². The first-order chi connectivity index (χ1) is 9.13. The van der Waals surface area contributed by atoms with Crippen LogP contribution in [-0.2, 0) is 11.3 Å². The van der Waals surface area contributed by atoms with Crippen LogP contribution in [0.3, 0.4) is 0 Å². The van der Waals surface area contributed by atoms with Gasteiger partial charge in [-0.3, -0.25) is 4.79 Å². The molecular formula is C14H15BrN2OS. The summed E-state index contributed by atoms with van der Waals surface area (Å²) in [5, 5.41) is 8.01. The van der Waals surface area contributed by atoms with Gasteiger partial charge in [-0.05, 0) is 41.1 Å². The van der Waals surface area contributed by atoms with Gasteiger partial charge in [0.15, 0.2) is 0 Å². The number of carbonyl (C=O) groups is 1. The predicted molar refractivity (Wildman–Crippen MR) is 83.5 cm³/mol. The SMILES string of the molecule is Cc1ccc(NC(=O)CNCc2cc(Br)cs2)cc1. The van der Waals surface area contributed by atoms with E-state index in [1.54, 1.807) is 11.3 Å². The Balaban J connectivity index is 1.74. The molecule has 19 heavy (non-hydrogen) atoms. The third-order valence-electron chi connectivity index (χ3n) is 2.54.